The first kappa shape index (κ1) is 18.0. The number of carbonyl (C=O) groups excluding carboxylic acids is 1. The van der Waals surface area contributed by atoms with Crippen LogP contribution in [0.4, 0.5) is 10.5 Å². The minimum absolute atomic E-state index is 0.206. The Bertz CT molecular complexity index is 868. The van der Waals surface area contributed by atoms with Crippen LogP contribution in [0.15, 0.2) is 78.0 Å². The Morgan fingerprint density at radius 3 is 2.69 bits per heavy atom. The fourth-order valence-corrected chi connectivity index (χ4v) is 3.29. The molecule has 0 saturated heterocycles. The van der Waals surface area contributed by atoms with Crippen molar-refractivity contribution < 1.29 is 4.79 Å². The predicted octanol–water partition coefficient (Wildman–Crippen LogP) is 5.00. The zero-order valence-electron chi connectivity index (χ0n) is 14.6. The molecule has 0 fully saturated rings. The first-order valence-corrected chi connectivity index (χ1v) is 9.41. The smallest absolute Gasteiger partial charge is 0.319 e. The number of anilines is 1. The van der Waals surface area contributed by atoms with Gasteiger partial charge in [0, 0.05) is 24.2 Å². The minimum atomic E-state index is -0.206. The molecule has 0 aliphatic rings. The van der Waals surface area contributed by atoms with Crippen LogP contribution >= 0.6 is 11.8 Å². The first-order valence-electron chi connectivity index (χ1n) is 8.43. The molecule has 2 N–H and O–H groups in total. The van der Waals surface area contributed by atoms with Gasteiger partial charge < -0.3 is 10.6 Å². The van der Waals surface area contributed by atoms with Gasteiger partial charge in [0.15, 0.2) is 0 Å². The Balaban J connectivity index is 1.53. The van der Waals surface area contributed by atoms with Crippen molar-refractivity contribution in [2.75, 3.05) is 5.32 Å². The zero-order chi connectivity index (χ0) is 18.2. The number of amides is 2. The van der Waals surface area contributed by atoms with E-state index >= 15 is 0 Å². The van der Waals surface area contributed by atoms with Gasteiger partial charge in [-0.1, -0.05) is 42.5 Å². The highest BCUT2D eigenvalue weighted by molar-refractivity contribution is 7.98. The fourth-order valence-electron chi connectivity index (χ4n) is 2.49. The summed E-state index contributed by atoms with van der Waals surface area (Å²) in [5.41, 5.74) is 4.20. The number of nitrogens with zero attached hydrogens (tertiary/aromatic N) is 1. The largest absolute Gasteiger partial charge is 0.334 e. The van der Waals surface area contributed by atoms with Gasteiger partial charge >= 0.3 is 6.03 Å². The third-order valence-electron chi connectivity index (χ3n) is 3.91. The van der Waals surface area contributed by atoms with Crippen LogP contribution in [-0.4, -0.2) is 11.0 Å². The molecule has 0 bridgehead atoms. The number of pyridine rings is 1. The number of thioether (sulfide) groups is 1. The number of urea groups is 1. The SMILES string of the molecule is Cc1ccccc1CNC(=O)Nc1cccc(CSc2ccccn2)c1. The molecule has 0 saturated carbocycles. The maximum Gasteiger partial charge on any atom is 0.319 e. The predicted molar refractivity (Wildman–Crippen MR) is 107 cm³/mol. The summed E-state index contributed by atoms with van der Waals surface area (Å²) in [5.74, 6) is 0.803. The summed E-state index contributed by atoms with van der Waals surface area (Å²) in [7, 11) is 0. The molecule has 1 heterocycles. The molecule has 3 aromatic rings. The lowest BCUT2D eigenvalue weighted by Gasteiger charge is -2.10. The monoisotopic (exact) mass is 363 g/mol. The third-order valence-corrected chi connectivity index (χ3v) is 4.92. The van der Waals surface area contributed by atoms with Crippen LogP contribution in [0.2, 0.25) is 0 Å². The van der Waals surface area contributed by atoms with Crippen molar-refractivity contribution in [3.8, 4) is 0 Å². The molecule has 2 aromatic carbocycles. The molecule has 26 heavy (non-hydrogen) atoms. The number of hydrogen-bond acceptors (Lipinski definition) is 3. The van der Waals surface area contributed by atoms with Crippen molar-refractivity contribution in [1.29, 1.82) is 0 Å². The number of aryl methyl sites for hydroxylation is 1. The lowest BCUT2D eigenvalue weighted by molar-refractivity contribution is 0.251. The Kier molecular flexibility index (Phi) is 6.28. The second-order valence-corrected chi connectivity index (χ2v) is 6.89. The van der Waals surface area contributed by atoms with E-state index in [2.05, 4.69) is 15.6 Å². The maximum atomic E-state index is 12.2. The molecular weight excluding hydrogens is 342 g/mol. The second kappa shape index (κ2) is 9.06. The van der Waals surface area contributed by atoms with Crippen molar-refractivity contribution in [1.82, 2.24) is 10.3 Å². The van der Waals surface area contributed by atoms with E-state index in [0.29, 0.717) is 6.54 Å². The lowest BCUT2D eigenvalue weighted by Crippen LogP contribution is -2.28. The Morgan fingerprint density at radius 2 is 1.88 bits per heavy atom. The lowest BCUT2D eigenvalue weighted by atomic mass is 10.1. The number of aromatic nitrogens is 1. The van der Waals surface area contributed by atoms with Crippen molar-refractivity contribution in [2.45, 2.75) is 24.2 Å². The number of benzene rings is 2. The normalized spacial score (nSPS) is 10.3. The topological polar surface area (TPSA) is 54.0 Å². The highest BCUT2D eigenvalue weighted by Gasteiger charge is 2.04. The summed E-state index contributed by atoms with van der Waals surface area (Å²) in [5, 5.41) is 6.78. The van der Waals surface area contributed by atoms with Crippen molar-refractivity contribution in [3.05, 3.63) is 89.6 Å². The van der Waals surface area contributed by atoms with Crippen LogP contribution in [0.3, 0.4) is 0 Å². The summed E-state index contributed by atoms with van der Waals surface area (Å²) in [4.78, 5) is 16.5. The van der Waals surface area contributed by atoms with Crippen LogP contribution in [-0.2, 0) is 12.3 Å². The van der Waals surface area contributed by atoms with Crippen molar-refractivity contribution in [2.24, 2.45) is 0 Å². The molecule has 0 aliphatic carbocycles. The van der Waals surface area contributed by atoms with Gasteiger partial charge in [0.25, 0.3) is 0 Å². The Morgan fingerprint density at radius 1 is 1.04 bits per heavy atom. The number of hydrogen-bond donors (Lipinski definition) is 2. The second-order valence-electron chi connectivity index (χ2n) is 5.89. The molecule has 5 heteroatoms. The van der Waals surface area contributed by atoms with E-state index in [1.807, 2.05) is 73.7 Å². The molecule has 0 unspecified atom stereocenters. The van der Waals surface area contributed by atoms with Gasteiger partial charge in [0.2, 0.25) is 0 Å². The van der Waals surface area contributed by atoms with Gasteiger partial charge in [-0.15, -0.1) is 11.8 Å². The molecule has 132 valence electrons. The highest BCUT2D eigenvalue weighted by Crippen LogP contribution is 2.22. The molecule has 2 amide bonds. The van der Waals surface area contributed by atoms with Gasteiger partial charge in [0.1, 0.15) is 0 Å². The van der Waals surface area contributed by atoms with Crippen LogP contribution in [0.5, 0.6) is 0 Å². The third kappa shape index (κ3) is 5.36. The van der Waals surface area contributed by atoms with E-state index in [1.165, 1.54) is 5.56 Å². The van der Waals surface area contributed by atoms with Gasteiger partial charge in [-0.25, -0.2) is 9.78 Å². The maximum absolute atomic E-state index is 12.2. The highest BCUT2D eigenvalue weighted by atomic mass is 32.2. The van der Waals surface area contributed by atoms with Crippen molar-refractivity contribution in [3.63, 3.8) is 0 Å². The van der Waals surface area contributed by atoms with E-state index < -0.39 is 0 Å². The average Bonchev–Trinajstić information content (AvgIpc) is 2.67. The number of rotatable bonds is 6. The van der Waals surface area contributed by atoms with Crippen LogP contribution in [0, 0.1) is 6.92 Å². The van der Waals surface area contributed by atoms with Crippen LogP contribution < -0.4 is 10.6 Å². The van der Waals surface area contributed by atoms with E-state index in [0.717, 1.165) is 27.6 Å². The summed E-state index contributed by atoms with van der Waals surface area (Å²) in [6, 6.07) is 21.6. The quantitative estimate of drug-likeness (QED) is 0.606. The Labute approximate surface area is 158 Å². The summed E-state index contributed by atoms with van der Waals surface area (Å²) in [6.07, 6.45) is 1.79. The molecule has 4 nitrogen and oxygen atoms in total. The zero-order valence-corrected chi connectivity index (χ0v) is 15.4. The molecular formula is C21H21N3OS. The summed E-state index contributed by atoms with van der Waals surface area (Å²) >= 11 is 1.67. The molecule has 0 radical (unpaired) electrons. The Hall–Kier alpha value is -2.79. The molecule has 0 atom stereocenters. The van der Waals surface area contributed by atoms with Gasteiger partial charge in [-0.05, 0) is 47.9 Å². The summed E-state index contributed by atoms with van der Waals surface area (Å²) in [6.45, 7) is 2.55. The van der Waals surface area contributed by atoms with Gasteiger partial charge in [-0.2, -0.15) is 0 Å². The van der Waals surface area contributed by atoms with E-state index in [4.69, 9.17) is 0 Å². The van der Waals surface area contributed by atoms with Gasteiger partial charge in [-0.3, -0.25) is 0 Å². The average molecular weight is 363 g/mol. The molecule has 0 aliphatic heterocycles. The minimum Gasteiger partial charge on any atom is -0.334 e. The number of carbonyl (C=O) groups is 1. The first-order chi connectivity index (χ1) is 12.7. The fraction of sp³-hybridized carbons (Fsp3) is 0.143. The van der Waals surface area contributed by atoms with Gasteiger partial charge in [0.05, 0.1) is 5.03 Å². The summed E-state index contributed by atoms with van der Waals surface area (Å²) < 4.78 is 0. The van der Waals surface area contributed by atoms with Crippen LogP contribution in [0.1, 0.15) is 16.7 Å². The standard InChI is InChI=1S/C21H21N3OS/c1-16-7-2-3-9-18(16)14-23-21(25)24-19-10-6-8-17(13-19)15-26-20-11-4-5-12-22-20/h2-13H,14-15H2,1H3,(H2,23,24,25). The molecule has 1 aromatic heterocycles. The molecule has 3 rings (SSSR count). The van der Waals surface area contributed by atoms with Crippen LogP contribution in [0.25, 0.3) is 0 Å². The van der Waals surface area contributed by atoms with Crippen molar-refractivity contribution >= 4 is 23.5 Å². The van der Waals surface area contributed by atoms with E-state index in [-0.39, 0.29) is 6.03 Å². The molecule has 0 spiro atoms. The van der Waals surface area contributed by atoms with E-state index in [1.54, 1.807) is 18.0 Å². The number of nitrogens with one attached hydrogen (secondary N) is 2. The van der Waals surface area contributed by atoms with E-state index in [9.17, 15) is 4.79 Å².